The molecule has 6 nitrogen and oxygen atoms in total. The smallest absolute Gasteiger partial charge is 0.320 e. The fourth-order valence-electron chi connectivity index (χ4n) is 2.26. The average Bonchev–Trinajstić information content (AvgIpc) is 2.72. The van der Waals surface area contributed by atoms with Gasteiger partial charge in [0, 0.05) is 13.1 Å². The molecule has 0 unspecified atom stereocenters. The quantitative estimate of drug-likeness (QED) is 0.905. The molecule has 0 aromatic heterocycles. The second-order valence-electron chi connectivity index (χ2n) is 4.79. The summed E-state index contributed by atoms with van der Waals surface area (Å²) in [7, 11) is 0. The minimum atomic E-state index is -0.286. The van der Waals surface area contributed by atoms with Crippen LogP contribution in [0.3, 0.4) is 0 Å². The standard InChI is InChI=1S/C13H12ClN3O3S/c14-9-3-1-2-4-10(9)15-12(19)16-5-8(6-16)17-11(18)7-21-13(17)20/h1-4,8H,5-7H2,(H,15,19). The maximum atomic E-state index is 12.0. The molecule has 110 valence electrons. The van der Waals surface area contributed by atoms with Crippen molar-refractivity contribution in [3.05, 3.63) is 29.3 Å². The van der Waals surface area contributed by atoms with E-state index in [2.05, 4.69) is 5.32 Å². The van der Waals surface area contributed by atoms with Crippen LogP contribution in [0.2, 0.25) is 5.02 Å². The average molecular weight is 326 g/mol. The monoisotopic (exact) mass is 325 g/mol. The molecule has 3 rings (SSSR count). The van der Waals surface area contributed by atoms with Gasteiger partial charge in [-0.05, 0) is 12.1 Å². The summed E-state index contributed by atoms with van der Waals surface area (Å²) in [5, 5.41) is 2.94. The van der Waals surface area contributed by atoms with Crippen molar-refractivity contribution in [2.24, 2.45) is 0 Å². The summed E-state index contributed by atoms with van der Waals surface area (Å²) in [5.41, 5.74) is 0.538. The van der Waals surface area contributed by atoms with E-state index in [1.807, 2.05) is 0 Å². The van der Waals surface area contributed by atoms with Gasteiger partial charge >= 0.3 is 6.03 Å². The Morgan fingerprint density at radius 2 is 2.00 bits per heavy atom. The number of thioether (sulfide) groups is 1. The number of carbonyl (C=O) groups is 3. The molecule has 0 spiro atoms. The molecular weight excluding hydrogens is 314 g/mol. The van der Waals surface area contributed by atoms with Crippen molar-refractivity contribution in [1.29, 1.82) is 0 Å². The predicted molar refractivity (Wildman–Crippen MR) is 80.5 cm³/mol. The van der Waals surface area contributed by atoms with Crippen LogP contribution >= 0.6 is 23.4 Å². The van der Waals surface area contributed by atoms with E-state index in [1.165, 1.54) is 9.80 Å². The first-order valence-electron chi connectivity index (χ1n) is 6.35. The number of nitrogens with zero attached hydrogens (tertiary/aromatic N) is 2. The van der Waals surface area contributed by atoms with Crippen molar-refractivity contribution in [3.8, 4) is 0 Å². The Kier molecular flexibility index (Phi) is 3.77. The van der Waals surface area contributed by atoms with Crippen molar-refractivity contribution >= 4 is 46.2 Å². The normalized spacial score (nSPS) is 18.9. The topological polar surface area (TPSA) is 69.7 Å². The molecule has 2 aliphatic heterocycles. The van der Waals surface area contributed by atoms with Crippen LogP contribution in [0, 0.1) is 0 Å². The van der Waals surface area contributed by atoms with Gasteiger partial charge in [0.1, 0.15) is 0 Å². The van der Waals surface area contributed by atoms with Crippen LogP contribution in [-0.2, 0) is 4.79 Å². The number of para-hydroxylation sites is 1. The molecule has 0 bridgehead atoms. The molecule has 21 heavy (non-hydrogen) atoms. The first kappa shape index (κ1) is 14.2. The van der Waals surface area contributed by atoms with Crippen molar-refractivity contribution in [2.75, 3.05) is 24.2 Å². The zero-order valence-electron chi connectivity index (χ0n) is 10.9. The Morgan fingerprint density at radius 3 is 2.62 bits per heavy atom. The van der Waals surface area contributed by atoms with Crippen LogP contribution in [0.4, 0.5) is 15.3 Å². The number of urea groups is 1. The summed E-state index contributed by atoms with van der Waals surface area (Å²) in [6.45, 7) is 0.711. The van der Waals surface area contributed by atoms with Crippen molar-refractivity contribution in [2.45, 2.75) is 6.04 Å². The van der Waals surface area contributed by atoms with Crippen LogP contribution in [0.5, 0.6) is 0 Å². The summed E-state index contributed by atoms with van der Waals surface area (Å²) >= 11 is 6.98. The molecule has 1 aromatic rings. The van der Waals surface area contributed by atoms with E-state index >= 15 is 0 Å². The predicted octanol–water partition coefficient (Wildman–Crippen LogP) is 2.25. The molecule has 8 heteroatoms. The van der Waals surface area contributed by atoms with E-state index in [0.29, 0.717) is 23.8 Å². The summed E-state index contributed by atoms with van der Waals surface area (Å²) in [6, 6.07) is 6.46. The van der Waals surface area contributed by atoms with E-state index < -0.39 is 0 Å². The number of likely N-dealkylation sites (tertiary alicyclic amines) is 1. The lowest BCUT2D eigenvalue weighted by Gasteiger charge is -2.42. The van der Waals surface area contributed by atoms with Gasteiger partial charge in [0.05, 0.1) is 22.5 Å². The molecule has 2 aliphatic rings. The fourth-order valence-corrected chi connectivity index (χ4v) is 3.22. The Hall–Kier alpha value is -1.73. The number of rotatable bonds is 2. The highest BCUT2D eigenvalue weighted by atomic mass is 35.5. The Morgan fingerprint density at radius 1 is 1.29 bits per heavy atom. The summed E-state index contributed by atoms with van der Waals surface area (Å²) in [5.74, 6) is 0.0161. The molecule has 0 radical (unpaired) electrons. The lowest BCUT2D eigenvalue weighted by molar-refractivity contribution is -0.128. The maximum Gasteiger partial charge on any atom is 0.322 e. The number of carbonyl (C=O) groups excluding carboxylic acids is 3. The molecule has 2 saturated heterocycles. The molecule has 2 heterocycles. The second-order valence-corrected chi connectivity index (χ2v) is 6.12. The molecule has 2 fully saturated rings. The molecule has 0 aliphatic carbocycles. The number of hydrogen-bond donors (Lipinski definition) is 1. The lowest BCUT2D eigenvalue weighted by atomic mass is 10.1. The van der Waals surface area contributed by atoms with E-state index in [0.717, 1.165) is 11.8 Å². The number of benzene rings is 1. The van der Waals surface area contributed by atoms with Crippen LogP contribution in [0.25, 0.3) is 0 Å². The van der Waals surface area contributed by atoms with E-state index in [4.69, 9.17) is 11.6 Å². The van der Waals surface area contributed by atoms with Crippen LogP contribution < -0.4 is 5.32 Å². The highest BCUT2D eigenvalue weighted by Crippen LogP contribution is 2.27. The largest absolute Gasteiger partial charge is 0.322 e. The number of amides is 4. The highest BCUT2D eigenvalue weighted by Gasteiger charge is 2.43. The molecule has 4 amide bonds. The minimum Gasteiger partial charge on any atom is -0.320 e. The van der Waals surface area contributed by atoms with Crippen LogP contribution in [-0.4, -0.2) is 51.9 Å². The summed E-state index contributed by atoms with van der Waals surface area (Å²) in [4.78, 5) is 38.0. The van der Waals surface area contributed by atoms with Crippen molar-refractivity contribution in [3.63, 3.8) is 0 Å². The van der Waals surface area contributed by atoms with Gasteiger partial charge in [-0.25, -0.2) is 4.79 Å². The lowest BCUT2D eigenvalue weighted by Crippen LogP contribution is -2.62. The highest BCUT2D eigenvalue weighted by molar-refractivity contribution is 8.14. The first-order valence-corrected chi connectivity index (χ1v) is 7.72. The van der Waals surface area contributed by atoms with Gasteiger partial charge in [-0.15, -0.1) is 0 Å². The van der Waals surface area contributed by atoms with Gasteiger partial charge in [0.25, 0.3) is 5.24 Å². The zero-order valence-corrected chi connectivity index (χ0v) is 12.5. The third-order valence-corrected chi connectivity index (χ3v) is 4.58. The zero-order chi connectivity index (χ0) is 15.0. The Balaban J connectivity index is 1.57. The molecule has 1 N–H and O–H groups in total. The van der Waals surface area contributed by atoms with E-state index in [1.54, 1.807) is 24.3 Å². The second kappa shape index (κ2) is 5.57. The summed E-state index contributed by atoms with van der Waals surface area (Å²) in [6.07, 6.45) is 0. The molecule has 1 aromatic carbocycles. The van der Waals surface area contributed by atoms with Gasteiger partial charge in [-0.3, -0.25) is 14.5 Å². The number of nitrogens with one attached hydrogen (secondary N) is 1. The first-order chi connectivity index (χ1) is 10.1. The maximum absolute atomic E-state index is 12.0. The number of anilines is 1. The van der Waals surface area contributed by atoms with Gasteiger partial charge in [0.2, 0.25) is 5.91 Å². The SMILES string of the molecule is O=C(Nc1ccccc1Cl)N1CC(N2C(=O)CSC2=O)C1. The van der Waals surface area contributed by atoms with Crippen LogP contribution in [0.15, 0.2) is 24.3 Å². The fraction of sp³-hybridized carbons (Fsp3) is 0.308. The van der Waals surface area contributed by atoms with Crippen molar-refractivity contribution in [1.82, 2.24) is 9.80 Å². The molecule has 0 saturated carbocycles. The third kappa shape index (κ3) is 2.71. The summed E-state index contributed by atoms with van der Waals surface area (Å²) < 4.78 is 0. The van der Waals surface area contributed by atoms with E-state index in [9.17, 15) is 14.4 Å². The third-order valence-electron chi connectivity index (χ3n) is 3.41. The van der Waals surface area contributed by atoms with Gasteiger partial charge in [0.15, 0.2) is 0 Å². The van der Waals surface area contributed by atoms with Crippen molar-refractivity contribution < 1.29 is 14.4 Å². The molecule has 0 atom stereocenters. The van der Waals surface area contributed by atoms with Gasteiger partial charge in [-0.2, -0.15) is 0 Å². The molecular formula is C13H12ClN3O3S. The van der Waals surface area contributed by atoms with Crippen LogP contribution in [0.1, 0.15) is 0 Å². The van der Waals surface area contributed by atoms with Gasteiger partial charge in [-0.1, -0.05) is 35.5 Å². The Bertz CT molecular complexity index is 602. The van der Waals surface area contributed by atoms with Gasteiger partial charge < -0.3 is 10.2 Å². The van der Waals surface area contributed by atoms with E-state index in [-0.39, 0.29) is 29.0 Å². The Labute approximate surface area is 130 Å². The number of halogens is 1. The number of hydrogen-bond acceptors (Lipinski definition) is 4. The minimum absolute atomic E-state index is 0.179. The number of imide groups is 1.